The number of benzene rings is 2. The second kappa shape index (κ2) is 8.97. The van der Waals surface area contributed by atoms with Crippen molar-refractivity contribution in [2.45, 2.75) is 13.8 Å². The summed E-state index contributed by atoms with van der Waals surface area (Å²) in [5.41, 5.74) is 3.97. The van der Waals surface area contributed by atoms with Gasteiger partial charge >= 0.3 is 0 Å². The van der Waals surface area contributed by atoms with E-state index in [1.165, 1.54) is 4.90 Å². The molecule has 0 aliphatic carbocycles. The summed E-state index contributed by atoms with van der Waals surface area (Å²) >= 11 is 0. The van der Waals surface area contributed by atoms with E-state index in [0.29, 0.717) is 40.9 Å². The number of nitrogens with zero attached hydrogens (tertiary/aromatic N) is 5. The first-order valence-electron chi connectivity index (χ1n) is 10.2. The minimum Gasteiger partial charge on any atom is -0.493 e. The third-order valence-electron chi connectivity index (χ3n) is 4.83. The number of aryl methyl sites for hydroxylation is 1. The summed E-state index contributed by atoms with van der Waals surface area (Å²) in [5.74, 6) is 1.24. The molecule has 0 saturated heterocycles. The zero-order chi connectivity index (χ0) is 22.7. The molecular formula is C24H23N5O3. The molecule has 1 amide bonds. The fourth-order valence-corrected chi connectivity index (χ4v) is 3.19. The van der Waals surface area contributed by atoms with Crippen molar-refractivity contribution in [1.29, 1.82) is 0 Å². The number of rotatable bonds is 6. The summed E-state index contributed by atoms with van der Waals surface area (Å²) in [4.78, 5) is 22.8. The number of ether oxygens (including phenoxy) is 1. The highest BCUT2D eigenvalue weighted by Gasteiger charge is 2.18. The lowest BCUT2D eigenvalue weighted by atomic mass is 10.1. The van der Waals surface area contributed by atoms with Crippen LogP contribution in [0.1, 0.15) is 23.0 Å². The van der Waals surface area contributed by atoms with E-state index < -0.39 is 0 Å². The van der Waals surface area contributed by atoms with Gasteiger partial charge in [0.1, 0.15) is 11.4 Å². The molecule has 8 nitrogen and oxygen atoms in total. The Morgan fingerprint density at radius 1 is 1.03 bits per heavy atom. The van der Waals surface area contributed by atoms with Crippen LogP contribution in [0.25, 0.3) is 34.3 Å². The van der Waals surface area contributed by atoms with Crippen molar-refractivity contribution >= 4 is 5.91 Å². The fraction of sp³-hybridized carbons (Fsp3) is 0.208. The highest BCUT2D eigenvalue weighted by Crippen LogP contribution is 2.31. The summed E-state index contributed by atoms with van der Waals surface area (Å²) in [6.07, 6.45) is 1.68. The van der Waals surface area contributed by atoms with E-state index in [1.807, 2.05) is 50.2 Å². The molecule has 2 aromatic carbocycles. The molecule has 0 N–H and O–H groups in total. The molecule has 0 bridgehead atoms. The van der Waals surface area contributed by atoms with Crippen LogP contribution in [0.2, 0.25) is 0 Å². The topological polar surface area (TPSA) is 94.2 Å². The average Bonchev–Trinajstić information content (AvgIpc) is 3.29. The first kappa shape index (κ1) is 21.2. The van der Waals surface area contributed by atoms with Crippen LogP contribution in [0.3, 0.4) is 0 Å². The van der Waals surface area contributed by atoms with Gasteiger partial charge in [0.2, 0.25) is 0 Å². The maximum atomic E-state index is 12.1. The third-order valence-corrected chi connectivity index (χ3v) is 4.83. The second-order valence-corrected chi connectivity index (χ2v) is 7.31. The van der Waals surface area contributed by atoms with Gasteiger partial charge in [-0.3, -0.25) is 9.78 Å². The maximum Gasteiger partial charge on any atom is 0.268 e. The van der Waals surface area contributed by atoms with Gasteiger partial charge in [-0.15, -0.1) is 10.2 Å². The summed E-state index contributed by atoms with van der Waals surface area (Å²) in [6.45, 7) is 4.29. The van der Waals surface area contributed by atoms with Crippen molar-refractivity contribution in [3.63, 3.8) is 0 Å². The van der Waals surface area contributed by atoms with Crippen LogP contribution in [0.5, 0.6) is 5.75 Å². The first-order chi connectivity index (χ1) is 15.5. The Bertz CT molecular complexity index is 1250. The van der Waals surface area contributed by atoms with Crippen LogP contribution < -0.4 is 4.74 Å². The first-order valence-corrected chi connectivity index (χ1v) is 10.2. The van der Waals surface area contributed by atoms with Crippen molar-refractivity contribution in [3.8, 4) is 40.0 Å². The molecule has 0 atom stereocenters. The van der Waals surface area contributed by atoms with Gasteiger partial charge in [0.05, 0.1) is 29.8 Å². The van der Waals surface area contributed by atoms with E-state index >= 15 is 0 Å². The van der Waals surface area contributed by atoms with Crippen LogP contribution >= 0.6 is 0 Å². The summed E-state index contributed by atoms with van der Waals surface area (Å²) in [5, 5.41) is 8.38. The van der Waals surface area contributed by atoms with E-state index in [4.69, 9.17) is 14.1 Å². The standard InChI is InChI=1S/C24H23N5O3/c1-5-31-20-9-7-6-8-18(20)22-27-28-23(32-22)21-15(2)25-14-19(26-21)16-10-12-17(13-11-16)24(30)29(3)4/h6-14H,5H2,1-4H3. The van der Waals surface area contributed by atoms with E-state index in [1.54, 1.807) is 32.4 Å². The van der Waals surface area contributed by atoms with E-state index in [9.17, 15) is 4.79 Å². The van der Waals surface area contributed by atoms with Gasteiger partial charge in [0.15, 0.2) is 0 Å². The maximum absolute atomic E-state index is 12.1. The molecule has 2 heterocycles. The van der Waals surface area contributed by atoms with Gasteiger partial charge < -0.3 is 14.1 Å². The Hall–Kier alpha value is -4.07. The number of amides is 1. The smallest absolute Gasteiger partial charge is 0.268 e. The van der Waals surface area contributed by atoms with Crippen LogP contribution in [-0.2, 0) is 0 Å². The largest absolute Gasteiger partial charge is 0.493 e. The lowest BCUT2D eigenvalue weighted by molar-refractivity contribution is 0.0827. The van der Waals surface area contributed by atoms with Crippen molar-refractivity contribution in [3.05, 3.63) is 66.0 Å². The number of hydrogen-bond acceptors (Lipinski definition) is 7. The number of hydrogen-bond donors (Lipinski definition) is 0. The van der Waals surface area contributed by atoms with E-state index in [2.05, 4.69) is 15.2 Å². The van der Waals surface area contributed by atoms with Crippen molar-refractivity contribution in [2.24, 2.45) is 0 Å². The number of carbonyl (C=O) groups is 1. The molecule has 0 saturated carbocycles. The second-order valence-electron chi connectivity index (χ2n) is 7.31. The Labute approximate surface area is 185 Å². The van der Waals surface area contributed by atoms with Crippen LogP contribution in [-0.4, -0.2) is 51.7 Å². The molecule has 4 aromatic rings. The number of aromatic nitrogens is 4. The van der Waals surface area contributed by atoms with Gasteiger partial charge in [-0.1, -0.05) is 24.3 Å². The highest BCUT2D eigenvalue weighted by molar-refractivity contribution is 5.94. The molecular weight excluding hydrogens is 406 g/mol. The molecule has 2 aromatic heterocycles. The zero-order valence-electron chi connectivity index (χ0n) is 18.4. The van der Waals surface area contributed by atoms with Crippen LogP contribution in [0.4, 0.5) is 0 Å². The SMILES string of the molecule is CCOc1ccccc1-c1nnc(-c2nc(-c3ccc(C(=O)N(C)C)cc3)cnc2C)o1. The van der Waals surface area contributed by atoms with Gasteiger partial charge in [0, 0.05) is 25.2 Å². The van der Waals surface area contributed by atoms with Gasteiger partial charge in [-0.05, 0) is 38.1 Å². The Morgan fingerprint density at radius 3 is 2.47 bits per heavy atom. The van der Waals surface area contributed by atoms with E-state index in [0.717, 1.165) is 11.1 Å². The van der Waals surface area contributed by atoms with Crippen molar-refractivity contribution in [2.75, 3.05) is 20.7 Å². The lowest BCUT2D eigenvalue weighted by Crippen LogP contribution is -2.21. The minimum atomic E-state index is -0.0575. The number of para-hydroxylation sites is 1. The highest BCUT2D eigenvalue weighted by atomic mass is 16.5. The third kappa shape index (κ3) is 4.20. The molecule has 0 radical (unpaired) electrons. The molecule has 8 heteroatoms. The van der Waals surface area contributed by atoms with Gasteiger partial charge in [-0.25, -0.2) is 4.98 Å². The summed E-state index contributed by atoms with van der Waals surface area (Å²) in [6, 6.07) is 14.7. The normalized spacial score (nSPS) is 10.8. The Balaban J connectivity index is 1.67. The minimum absolute atomic E-state index is 0.0575. The zero-order valence-corrected chi connectivity index (χ0v) is 18.4. The molecule has 0 fully saturated rings. The average molecular weight is 429 g/mol. The molecule has 162 valence electrons. The predicted octanol–water partition coefficient (Wildman–Crippen LogP) is 4.27. The molecule has 4 rings (SSSR count). The summed E-state index contributed by atoms with van der Waals surface area (Å²) in [7, 11) is 3.44. The summed E-state index contributed by atoms with van der Waals surface area (Å²) < 4.78 is 11.6. The quantitative estimate of drug-likeness (QED) is 0.452. The molecule has 0 unspecified atom stereocenters. The van der Waals surface area contributed by atoms with Crippen molar-refractivity contribution < 1.29 is 13.9 Å². The Morgan fingerprint density at radius 2 is 1.75 bits per heavy atom. The van der Waals surface area contributed by atoms with Crippen molar-refractivity contribution in [1.82, 2.24) is 25.1 Å². The Kier molecular flexibility index (Phi) is 5.93. The predicted molar refractivity (Wildman–Crippen MR) is 120 cm³/mol. The molecule has 32 heavy (non-hydrogen) atoms. The molecule has 0 spiro atoms. The van der Waals surface area contributed by atoms with Gasteiger partial charge in [0.25, 0.3) is 17.7 Å². The van der Waals surface area contributed by atoms with E-state index in [-0.39, 0.29) is 11.8 Å². The molecule has 0 aliphatic rings. The van der Waals surface area contributed by atoms with Gasteiger partial charge in [-0.2, -0.15) is 0 Å². The lowest BCUT2D eigenvalue weighted by Gasteiger charge is -2.10. The monoisotopic (exact) mass is 429 g/mol. The fourth-order valence-electron chi connectivity index (χ4n) is 3.19. The molecule has 0 aliphatic heterocycles. The van der Waals surface area contributed by atoms with Crippen LogP contribution in [0.15, 0.2) is 59.1 Å². The van der Waals surface area contributed by atoms with Crippen LogP contribution in [0, 0.1) is 6.92 Å². The number of carbonyl (C=O) groups excluding carboxylic acids is 1.